The number of hydrogen-bond donors (Lipinski definition) is 1. The van der Waals surface area contributed by atoms with E-state index in [4.69, 9.17) is 0 Å². The van der Waals surface area contributed by atoms with Crippen molar-refractivity contribution in [2.75, 3.05) is 45.0 Å². The number of amides is 2. The molecule has 138 valence electrons. The highest BCUT2D eigenvalue weighted by molar-refractivity contribution is 8.00. The van der Waals surface area contributed by atoms with Gasteiger partial charge in [0, 0.05) is 37.6 Å². The highest BCUT2D eigenvalue weighted by Gasteiger charge is 2.22. The molecule has 25 heavy (non-hydrogen) atoms. The molecular weight excluding hydrogens is 334 g/mol. The molecule has 1 aliphatic heterocycles. The number of thioether (sulfide) groups is 1. The highest BCUT2D eigenvalue weighted by atomic mass is 32.2. The fourth-order valence-electron chi connectivity index (χ4n) is 2.72. The molecule has 1 aromatic carbocycles. The SMILES string of the molecule is CCCNC(=O)CN1CCN(C(=O)CSc2ccc(C)c(C)c2)CC1. The molecule has 1 heterocycles. The summed E-state index contributed by atoms with van der Waals surface area (Å²) in [6.45, 7) is 10.3. The molecule has 0 unspecified atom stereocenters. The summed E-state index contributed by atoms with van der Waals surface area (Å²) in [6.07, 6.45) is 0.951. The standard InChI is InChI=1S/C19H29N3O2S/c1-4-7-20-18(23)13-21-8-10-22(11-9-21)19(24)14-25-17-6-5-15(2)16(3)12-17/h5-6,12H,4,7-11,13-14H2,1-3H3,(H,20,23). The van der Waals surface area contributed by atoms with Crippen LogP contribution in [0.1, 0.15) is 24.5 Å². The van der Waals surface area contributed by atoms with Crippen molar-refractivity contribution in [2.24, 2.45) is 0 Å². The highest BCUT2D eigenvalue weighted by Crippen LogP contribution is 2.21. The molecule has 2 rings (SSSR count). The minimum atomic E-state index is 0.0759. The minimum Gasteiger partial charge on any atom is -0.355 e. The maximum Gasteiger partial charge on any atom is 0.234 e. The van der Waals surface area contributed by atoms with Crippen LogP contribution in [-0.4, -0.2) is 66.6 Å². The number of aryl methyl sites for hydroxylation is 2. The molecule has 6 heteroatoms. The van der Waals surface area contributed by atoms with Crippen LogP contribution < -0.4 is 5.32 Å². The Morgan fingerprint density at radius 1 is 1.12 bits per heavy atom. The lowest BCUT2D eigenvalue weighted by molar-refractivity contribution is -0.130. The largest absolute Gasteiger partial charge is 0.355 e. The van der Waals surface area contributed by atoms with Gasteiger partial charge >= 0.3 is 0 Å². The van der Waals surface area contributed by atoms with Crippen LogP contribution in [0.3, 0.4) is 0 Å². The van der Waals surface area contributed by atoms with Crippen LogP contribution in [0, 0.1) is 13.8 Å². The van der Waals surface area contributed by atoms with Gasteiger partial charge in [-0.15, -0.1) is 11.8 Å². The monoisotopic (exact) mass is 363 g/mol. The topological polar surface area (TPSA) is 52.7 Å². The lowest BCUT2D eigenvalue weighted by Crippen LogP contribution is -2.51. The van der Waals surface area contributed by atoms with Crippen LogP contribution in [0.2, 0.25) is 0 Å². The molecule has 1 aromatic rings. The minimum absolute atomic E-state index is 0.0759. The van der Waals surface area contributed by atoms with Crippen molar-refractivity contribution in [2.45, 2.75) is 32.1 Å². The normalized spacial score (nSPS) is 15.2. The average molecular weight is 364 g/mol. The van der Waals surface area contributed by atoms with E-state index in [1.165, 1.54) is 11.1 Å². The molecule has 1 N–H and O–H groups in total. The Bertz CT molecular complexity index is 598. The Hall–Kier alpha value is -1.53. The number of carbonyl (C=O) groups is 2. The van der Waals surface area contributed by atoms with E-state index in [2.05, 4.69) is 42.3 Å². The van der Waals surface area contributed by atoms with E-state index in [0.717, 1.165) is 31.0 Å². The molecule has 2 amide bonds. The van der Waals surface area contributed by atoms with Crippen molar-refractivity contribution in [1.82, 2.24) is 15.1 Å². The Balaban J connectivity index is 1.71. The molecule has 0 aliphatic carbocycles. The fourth-order valence-corrected chi connectivity index (χ4v) is 3.62. The second kappa shape index (κ2) is 9.82. The zero-order valence-electron chi connectivity index (χ0n) is 15.5. The number of carbonyl (C=O) groups excluding carboxylic acids is 2. The van der Waals surface area contributed by atoms with Crippen LogP contribution >= 0.6 is 11.8 Å². The van der Waals surface area contributed by atoms with E-state index in [1.807, 2.05) is 11.8 Å². The zero-order valence-corrected chi connectivity index (χ0v) is 16.3. The first-order valence-corrected chi connectivity index (χ1v) is 9.95. The van der Waals surface area contributed by atoms with Gasteiger partial charge in [0.25, 0.3) is 0 Å². The van der Waals surface area contributed by atoms with Crippen molar-refractivity contribution in [3.63, 3.8) is 0 Å². The van der Waals surface area contributed by atoms with E-state index in [1.54, 1.807) is 11.8 Å². The van der Waals surface area contributed by atoms with Gasteiger partial charge in [0.05, 0.1) is 12.3 Å². The lowest BCUT2D eigenvalue weighted by atomic mass is 10.1. The molecule has 0 saturated carbocycles. The van der Waals surface area contributed by atoms with Gasteiger partial charge in [0.15, 0.2) is 0 Å². The van der Waals surface area contributed by atoms with Gasteiger partial charge in [-0.1, -0.05) is 13.0 Å². The van der Waals surface area contributed by atoms with Crippen LogP contribution in [-0.2, 0) is 9.59 Å². The molecule has 0 aromatic heterocycles. The fraction of sp³-hybridized carbons (Fsp3) is 0.579. The Labute approximate surface area is 155 Å². The molecule has 1 saturated heterocycles. The van der Waals surface area contributed by atoms with Gasteiger partial charge in [-0.05, 0) is 43.5 Å². The summed E-state index contributed by atoms with van der Waals surface area (Å²) in [4.78, 5) is 29.3. The van der Waals surface area contributed by atoms with Gasteiger partial charge in [-0.2, -0.15) is 0 Å². The van der Waals surface area contributed by atoms with E-state index in [9.17, 15) is 9.59 Å². The predicted octanol–water partition coefficient (Wildman–Crippen LogP) is 2.07. The first-order valence-electron chi connectivity index (χ1n) is 8.96. The van der Waals surface area contributed by atoms with E-state index in [0.29, 0.717) is 25.4 Å². The Kier molecular flexibility index (Phi) is 7.78. The van der Waals surface area contributed by atoms with E-state index in [-0.39, 0.29) is 11.8 Å². The third-order valence-electron chi connectivity index (χ3n) is 4.51. The van der Waals surface area contributed by atoms with E-state index >= 15 is 0 Å². The third-order valence-corrected chi connectivity index (χ3v) is 5.48. The number of nitrogens with one attached hydrogen (secondary N) is 1. The van der Waals surface area contributed by atoms with Crippen LogP contribution in [0.4, 0.5) is 0 Å². The number of rotatable bonds is 7. The van der Waals surface area contributed by atoms with Gasteiger partial charge in [-0.25, -0.2) is 0 Å². The molecular formula is C19H29N3O2S. The number of benzene rings is 1. The summed E-state index contributed by atoms with van der Waals surface area (Å²) in [6, 6.07) is 6.32. The summed E-state index contributed by atoms with van der Waals surface area (Å²) in [5, 5.41) is 2.90. The average Bonchev–Trinajstić information content (AvgIpc) is 2.61. The number of piperazine rings is 1. The van der Waals surface area contributed by atoms with Crippen molar-refractivity contribution >= 4 is 23.6 Å². The number of nitrogens with zero attached hydrogens (tertiary/aromatic N) is 2. The molecule has 0 radical (unpaired) electrons. The second-order valence-corrected chi connectivity index (χ2v) is 7.59. The Morgan fingerprint density at radius 2 is 1.84 bits per heavy atom. The number of hydrogen-bond acceptors (Lipinski definition) is 4. The molecule has 5 nitrogen and oxygen atoms in total. The van der Waals surface area contributed by atoms with Gasteiger partial charge in [0.1, 0.15) is 0 Å². The van der Waals surface area contributed by atoms with Gasteiger partial charge in [0.2, 0.25) is 11.8 Å². The first kappa shape index (κ1) is 19.8. The van der Waals surface area contributed by atoms with Crippen molar-refractivity contribution in [3.8, 4) is 0 Å². The predicted molar refractivity (Wildman–Crippen MR) is 103 cm³/mol. The third kappa shape index (κ3) is 6.36. The van der Waals surface area contributed by atoms with Crippen molar-refractivity contribution in [1.29, 1.82) is 0 Å². The maximum atomic E-state index is 12.4. The first-order chi connectivity index (χ1) is 12.0. The van der Waals surface area contributed by atoms with Crippen molar-refractivity contribution < 1.29 is 9.59 Å². The molecule has 1 fully saturated rings. The molecule has 0 spiro atoms. The summed E-state index contributed by atoms with van der Waals surface area (Å²) in [7, 11) is 0. The Morgan fingerprint density at radius 3 is 2.48 bits per heavy atom. The van der Waals surface area contributed by atoms with Crippen LogP contribution in [0.5, 0.6) is 0 Å². The summed E-state index contributed by atoms with van der Waals surface area (Å²) >= 11 is 1.60. The maximum absolute atomic E-state index is 12.4. The molecule has 1 aliphatic rings. The lowest BCUT2D eigenvalue weighted by Gasteiger charge is -2.34. The quantitative estimate of drug-likeness (QED) is 0.754. The van der Waals surface area contributed by atoms with Crippen LogP contribution in [0.25, 0.3) is 0 Å². The summed E-state index contributed by atoms with van der Waals surface area (Å²) in [5.74, 6) is 0.727. The summed E-state index contributed by atoms with van der Waals surface area (Å²) in [5.41, 5.74) is 2.53. The van der Waals surface area contributed by atoms with Crippen LogP contribution in [0.15, 0.2) is 23.1 Å². The van der Waals surface area contributed by atoms with Gasteiger partial charge < -0.3 is 10.2 Å². The molecule has 0 bridgehead atoms. The zero-order chi connectivity index (χ0) is 18.2. The summed E-state index contributed by atoms with van der Waals surface area (Å²) < 4.78 is 0. The second-order valence-electron chi connectivity index (χ2n) is 6.54. The van der Waals surface area contributed by atoms with Gasteiger partial charge in [-0.3, -0.25) is 14.5 Å². The smallest absolute Gasteiger partial charge is 0.234 e. The van der Waals surface area contributed by atoms with Crippen molar-refractivity contribution in [3.05, 3.63) is 29.3 Å². The van der Waals surface area contributed by atoms with E-state index < -0.39 is 0 Å². The molecule has 0 atom stereocenters.